The zero-order valence-electron chi connectivity index (χ0n) is 8.81. The molecule has 0 saturated carbocycles. The quantitative estimate of drug-likeness (QED) is 0.871. The maximum Gasteiger partial charge on any atom is 0.431 e. The van der Waals surface area contributed by atoms with Crippen molar-refractivity contribution in [2.45, 2.75) is 13.1 Å². The van der Waals surface area contributed by atoms with Gasteiger partial charge in [-0.15, -0.1) is 0 Å². The predicted molar refractivity (Wildman–Crippen MR) is 59.3 cm³/mol. The number of hydrogen-bond donors (Lipinski definition) is 1. The van der Waals surface area contributed by atoms with E-state index in [2.05, 4.69) is 0 Å². The van der Waals surface area contributed by atoms with Crippen molar-refractivity contribution in [1.29, 1.82) is 0 Å². The molecule has 0 radical (unpaired) electrons. The van der Waals surface area contributed by atoms with Crippen LogP contribution in [0.3, 0.4) is 0 Å². The fourth-order valence-corrected chi connectivity index (χ4v) is 1.23. The summed E-state index contributed by atoms with van der Waals surface area (Å²) < 4.78 is 37.6. The second kappa shape index (κ2) is 5.23. The van der Waals surface area contributed by atoms with Crippen molar-refractivity contribution < 1.29 is 18.0 Å². The number of carbonyl (C=O) groups is 1. The van der Waals surface area contributed by atoms with Crippen LogP contribution in [0.25, 0.3) is 6.08 Å². The van der Waals surface area contributed by atoms with Gasteiger partial charge >= 0.3 is 6.18 Å². The van der Waals surface area contributed by atoms with Gasteiger partial charge in [0.2, 0.25) is 5.91 Å². The third-order valence-electron chi connectivity index (χ3n) is 1.80. The number of rotatable bonds is 2. The third-order valence-corrected chi connectivity index (χ3v) is 2.05. The monoisotopic (exact) mass is 263 g/mol. The van der Waals surface area contributed by atoms with E-state index in [1.54, 1.807) is 5.32 Å². The first kappa shape index (κ1) is 13.6. The van der Waals surface area contributed by atoms with Gasteiger partial charge in [0.05, 0.1) is 0 Å². The molecule has 0 aliphatic rings. The maximum atomic E-state index is 12.5. The second-order valence-electron chi connectivity index (χ2n) is 3.29. The van der Waals surface area contributed by atoms with Crippen LogP contribution in [0, 0.1) is 0 Å². The first-order chi connectivity index (χ1) is 7.79. The minimum Gasteiger partial charge on any atom is -0.322 e. The van der Waals surface area contributed by atoms with Crippen LogP contribution in [0.2, 0.25) is 5.02 Å². The molecule has 0 aromatic heterocycles. The van der Waals surface area contributed by atoms with Crippen molar-refractivity contribution in [2.24, 2.45) is 0 Å². The van der Waals surface area contributed by atoms with E-state index in [1.807, 2.05) is 0 Å². The molecule has 1 aromatic carbocycles. The highest BCUT2D eigenvalue weighted by atomic mass is 35.5. The molecule has 1 aromatic rings. The Kier molecular flexibility index (Phi) is 4.17. The first-order valence-corrected chi connectivity index (χ1v) is 4.99. The molecule has 0 aliphatic heterocycles. The van der Waals surface area contributed by atoms with Crippen molar-refractivity contribution in [3.8, 4) is 0 Å². The summed E-state index contributed by atoms with van der Waals surface area (Å²) in [7, 11) is 0. The zero-order chi connectivity index (χ0) is 13.1. The molecule has 0 atom stereocenters. The molecule has 1 rings (SSSR count). The molecule has 0 heterocycles. The molecule has 17 heavy (non-hydrogen) atoms. The smallest absolute Gasteiger partial charge is 0.322 e. The Bertz CT molecular complexity index is 437. The van der Waals surface area contributed by atoms with Crippen molar-refractivity contribution >= 4 is 23.6 Å². The Balaban J connectivity index is 3.05. The average Bonchev–Trinajstić information content (AvgIpc) is 2.18. The highest BCUT2D eigenvalue weighted by Gasteiger charge is 2.34. The van der Waals surface area contributed by atoms with Gasteiger partial charge in [-0.05, 0) is 23.8 Å². The fourth-order valence-electron chi connectivity index (χ4n) is 1.10. The summed E-state index contributed by atoms with van der Waals surface area (Å²) in [5, 5.41) is 2.17. The maximum absolute atomic E-state index is 12.5. The Morgan fingerprint density at radius 2 is 1.82 bits per heavy atom. The van der Waals surface area contributed by atoms with Gasteiger partial charge in [-0.2, -0.15) is 13.2 Å². The molecule has 0 unspecified atom stereocenters. The van der Waals surface area contributed by atoms with Crippen molar-refractivity contribution in [1.82, 2.24) is 5.32 Å². The number of halogens is 4. The van der Waals surface area contributed by atoms with Crippen LogP contribution in [0.15, 0.2) is 30.0 Å². The summed E-state index contributed by atoms with van der Waals surface area (Å²) in [6.07, 6.45) is -3.76. The molecule has 92 valence electrons. The molecular weight excluding hydrogens is 255 g/mol. The van der Waals surface area contributed by atoms with Gasteiger partial charge in [-0.3, -0.25) is 4.79 Å². The number of carbonyl (C=O) groups excluding carboxylic acids is 1. The molecule has 0 aliphatic carbocycles. The van der Waals surface area contributed by atoms with Crippen LogP contribution in [0.5, 0.6) is 0 Å². The van der Waals surface area contributed by atoms with Crippen LogP contribution in [-0.4, -0.2) is 12.1 Å². The number of allylic oxidation sites excluding steroid dienone is 1. The molecule has 1 N–H and O–H groups in total. The van der Waals surface area contributed by atoms with E-state index in [0.717, 1.165) is 13.0 Å². The summed E-state index contributed by atoms with van der Waals surface area (Å²) in [5.41, 5.74) is -0.803. The summed E-state index contributed by atoms with van der Waals surface area (Å²) in [6.45, 7) is 1.02. The Morgan fingerprint density at radius 1 is 1.29 bits per heavy atom. The Labute approximate surface area is 101 Å². The number of hydrogen-bond acceptors (Lipinski definition) is 1. The number of benzene rings is 1. The van der Waals surface area contributed by atoms with Gasteiger partial charge in [0, 0.05) is 11.9 Å². The fraction of sp³-hybridized carbons (Fsp3) is 0.182. The SMILES string of the molecule is CC(=O)N/C(=C\c1ccc(Cl)cc1)C(F)(F)F. The molecule has 2 nitrogen and oxygen atoms in total. The van der Waals surface area contributed by atoms with Crippen LogP contribution < -0.4 is 5.32 Å². The lowest BCUT2D eigenvalue weighted by Gasteiger charge is -2.11. The summed E-state index contributed by atoms with van der Waals surface area (Å²) in [6, 6.07) is 5.79. The van der Waals surface area contributed by atoms with Gasteiger partial charge in [-0.1, -0.05) is 23.7 Å². The number of alkyl halides is 3. The lowest BCUT2D eigenvalue weighted by Crippen LogP contribution is -2.29. The second-order valence-corrected chi connectivity index (χ2v) is 3.72. The van der Waals surface area contributed by atoms with Crippen molar-refractivity contribution in [3.05, 3.63) is 40.5 Å². The largest absolute Gasteiger partial charge is 0.431 e. The summed E-state index contributed by atoms with van der Waals surface area (Å²) in [4.78, 5) is 10.7. The molecule has 6 heteroatoms. The molecule has 0 bridgehead atoms. The van der Waals surface area contributed by atoms with E-state index < -0.39 is 17.8 Å². The standard InChI is InChI=1S/C11H9ClF3NO/c1-7(17)16-10(11(13,14)15)6-8-2-4-9(12)5-3-8/h2-6H,1H3,(H,16,17)/b10-6-. The average molecular weight is 264 g/mol. The van der Waals surface area contributed by atoms with E-state index >= 15 is 0 Å². The van der Waals surface area contributed by atoms with E-state index in [9.17, 15) is 18.0 Å². The van der Waals surface area contributed by atoms with Crippen LogP contribution in [0.4, 0.5) is 13.2 Å². The Morgan fingerprint density at radius 3 is 2.24 bits per heavy atom. The molecule has 0 spiro atoms. The third kappa shape index (κ3) is 4.48. The summed E-state index contributed by atoms with van der Waals surface area (Å²) >= 11 is 5.61. The van der Waals surface area contributed by atoms with E-state index in [4.69, 9.17) is 11.6 Å². The summed E-state index contributed by atoms with van der Waals surface area (Å²) in [5.74, 6) is -0.775. The lowest BCUT2D eigenvalue weighted by atomic mass is 10.2. The van der Waals surface area contributed by atoms with Gasteiger partial charge < -0.3 is 5.32 Å². The number of nitrogens with one attached hydrogen (secondary N) is 1. The first-order valence-electron chi connectivity index (χ1n) is 4.61. The lowest BCUT2D eigenvalue weighted by molar-refractivity contribution is -0.124. The Hall–Kier alpha value is -1.49. The molecular formula is C11H9ClF3NO. The van der Waals surface area contributed by atoms with Gasteiger partial charge in [0.1, 0.15) is 5.70 Å². The van der Waals surface area contributed by atoms with E-state index in [-0.39, 0.29) is 0 Å². The van der Waals surface area contributed by atoms with Gasteiger partial charge in [0.25, 0.3) is 0 Å². The molecule has 0 fully saturated rings. The predicted octanol–water partition coefficient (Wildman–Crippen LogP) is 3.38. The van der Waals surface area contributed by atoms with Crippen LogP contribution in [0.1, 0.15) is 12.5 Å². The van der Waals surface area contributed by atoms with E-state index in [1.165, 1.54) is 24.3 Å². The van der Waals surface area contributed by atoms with Crippen LogP contribution >= 0.6 is 11.6 Å². The zero-order valence-corrected chi connectivity index (χ0v) is 9.56. The minimum atomic E-state index is -4.61. The molecule has 0 saturated heterocycles. The minimum absolute atomic E-state index is 0.301. The number of amides is 1. The topological polar surface area (TPSA) is 29.1 Å². The molecule has 1 amide bonds. The highest BCUT2D eigenvalue weighted by molar-refractivity contribution is 6.30. The highest BCUT2D eigenvalue weighted by Crippen LogP contribution is 2.25. The normalized spacial score (nSPS) is 12.4. The van der Waals surface area contributed by atoms with E-state index in [0.29, 0.717) is 10.6 Å². The van der Waals surface area contributed by atoms with Crippen molar-refractivity contribution in [2.75, 3.05) is 0 Å². The van der Waals surface area contributed by atoms with Gasteiger partial charge in [-0.25, -0.2) is 0 Å². The van der Waals surface area contributed by atoms with Crippen molar-refractivity contribution in [3.63, 3.8) is 0 Å². The van der Waals surface area contributed by atoms with Crippen LogP contribution in [-0.2, 0) is 4.79 Å². The van der Waals surface area contributed by atoms with Gasteiger partial charge in [0.15, 0.2) is 0 Å².